The van der Waals surface area contributed by atoms with Crippen LogP contribution in [0.15, 0.2) is 10.1 Å². The molecule has 2 saturated carbocycles. The standard InChI is InChI=1S/C12H8Cl6O4/c13-6-7(14)11(16)5-3(9(21)22)1-2(8(19)20)4(5)10(6,15)12(11,17)18/h2-5H,1H2,(H,19,20)(H,21,22)/t2-,3+,4+,5-,10+,11-. The van der Waals surface area contributed by atoms with Gasteiger partial charge in [-0.05, 0) is 6.42 Å². The highest BCUT2D eigenvalue weighted by molar-refractivity contribution is 6.65. The molecule has 0 heterocycles. The Morgan fingerprint density at radius 1 is 0.864 bits per heavy atom. The van der Waals surface area contributed by atoms with E-state index in [9.17, 15) is 19.8 Å². The predicted octanol–water partition coefficient (Wildman–Crippen LogP) is 3.87. The van der Waals surface area contributed by atoms with Crippen molar-refractivity contribution in [1.29, 1.82) is 0 Å². The molecule has 0 aromatic carbocycles. The van der Waals surface area contributed by atoms with E-state index in [1.807, 2.05) is 0 Å². The second kappa shape index (κ2) is 4.74. The van der Waals surface area contributed by atoms with Gasteiger partial charge in [0.25, 0.3) is 0 Å². The molecule has 3 rings (SSSR count). The molecule has 6 atom stereocenters. The molecule has 0 saturated heterocycles. The minimum Gasteiger partial charge on any atom is -0.481 e. The molecule has 10 heteroatoms. The van der Waals surface area contributed by atoms with Crippen molar-refractivity contribution in [3.05, 3.63) is 10.1 Å². The zero-order valence-corrected chi connectivity index (χ0v) is 15.0. The van der Waals surface area contributed by atoms with Crippen LogP contribution in [0.3, 0.4) is 0 Å². The molecule has 0 radical (unpaired) electrons. The molecule has 122 valence electrons. The van der Waals surface area contributed by atoms with Crippen LogP contribution in [0.5, 0.6) is 0 Å². The topological polar surface area (TPSA) is 74.6 Å². The van der Waals surface area contributed by atoms with E-state index >= 15 is 0 Å². The molecule has 3 aliphatic carbocycles. The Morgan fingerprint density at radius 3 is 1.45 bits per heavy atom. The highest BCUT2D eigenvalue weighted by atomic mass is 35.5. The molecule has 0 aromatic heterocycles. The van der Waals surface area contributed by atoms with Gasteiger partial charge in [0.2, 0.25) is 0 Å². The number of hydrogen-bond donors (Lipinski definition) is 2. The molecule has 3 aliphatic rings. The summed E-state index contributed by atoms with van der Waals surface area (Å²) in [4.78, 5) is 19.6. The highest BCUT2D eigenvalue weighted by Crippen LogP contribution is 2.80. The average Bonchev–Trinajstić information content (AvgIpc) is 2.91. The van der Waals surface area contributed by atoms with Gasteiger partial charge in [-0.1, -0.05) is 46.4 Å². The van der Waals surface area contributed by atoms with Gasteiger partial charge in [0.05, 0.1) is 21.9 Å². The summed E-state index contributed by atoms with van der Waals surface area (Å²) in [6.45, 7) is 0. The third-order valence-corrected chi connectivity index (χ3v) is 9.35. The van der Waals surface area contributed by atoms with Crippen molar-refractivity contribution in [2.24, 2.45) is 23.7 Å². The van der Waals surface area contributed by atoms with Crippen LogP contribution in [0.25, 0.3) is 0 Å². The summed E-state index contributed by atoms with van der Waals surface area (Å²) in [6, 6.07) is 0. The number of fused-ring (bicyclic) bond motifs is 5. The summed E-state index contributed by atoms with van der Waals surface area (Å²) < 4.78 is -1.92. The van der Waals surface area contributed by atoms with Gasteiger partial charge in [-0.25, -0.2) is 0 Å². The van der Waals surface area contributed by atoms with Crippen LogP contribution >= 0.6 is 69.6 Å². The Labute approximate surface area is 155 Å². The first-order valence-electron chi connectivity index (χ1n) is 6.21. The third-order valence-electron chi connectivity index (χ3n) is 5.06. The minimum atomic E-state index is -1.92. The number of aliphatic carboxylic acids is 2. The van der Waals surface area contributed by atoms with Gasteiger partial charge in [0.15, 0.2) is 4.33 Å². The fourth-order valence-corrected chi connectivity index (χ4v) is 7.31. The molecule has 0 unspecified atom stereocenters. The maximum atomic E-state index is 11.6. The second-order valence-corrected chi connectivity index (χ2v) is 9.08. The average molecular weight is 429 g/mol. The van der Waals surface area contributed by atoms with Crippen molar-refractivity contribution in [2.75, 3.05) is 0 Å². The molecule has 4 nitrogen and oxygen atoms in total. The molecule has 0 aromatic rings. The first kappa shape index (κ1) is 17.2. The summed E-state index contributed by atoms with van der Waals surface area (Å²) in [5.74, 6) is -6.43. The van der Waals surface area contributed by atoms with Crippen molar-refractivity contribution < 1.29 is 19.8 Å². The maximum Gasteiger partial charge on any atom is 0.306 e. The molecule has 0 spiro atoms. The van der Waals surface area contributed by atoms with Crippen LogP contribution in [-0.4, -0.2) is 36.2 Å². The summed E-state index contributed by atoms with van der Waals surface area (Å²) in [7, 11) is 0. The Bertz CT molecular complexity index is 583. The van der Waals surface area contributed by atoms with E-state index in [1.165, 1.54) is 0 Å². The number of carboxylic acid groups (broad SMARTS) is 2. The fraction of sp³-hybridized carbons (Fsp3) is 0.667. The van der Waals surface area contributed by atoms with Crippen molar-refractivity contribution in [3.63, 3.8) is 0 Å². The lowest BCUT2D eigenvalue weighted by Gasteiger charge is -2.35. The van der Waals surface area contributed by atoms with Crippen LogP contribution in [0.1, 0.15) is 6.42 Å². The Hall–Kier alpha value is 0.420. The maximum absolute atomic E-state index is 11.6. The number of rotatable bonds is 2. The first-order valence-corrected chi connectivity index (χ1v) is 8.48. The van der Waals surface area contributed by atoms with Gasteiger partial charge >= 0.3 is 11.9 Å². The molecule has 2 bridgehead atoms. The van der Waals surface area contributed by atoms with Crippen LogP contribution in [0.2, 0.25) is 0 Å². The molecule has 2 N–H and O–H groups in total. The summed E-state index contributed by atoms with van der Waals surface area (Å²) in [5.41, 5.74) is 0. The molecule has 0 amide bonds. The van der Waals surface area contributed by atoms with Gasteiger partial charge in [0.1, 0.15) is 9.75 Å². The third kappa shape index (κ3) is 1.55. The smallest absolute Gasteiger partial charge is 0.306 e. The Kier molecular flexibility index (Phi) is 3.71. The molecular weight excluding hydrogens is 421 g/mol. The van der Waals surface area contributed by atoms with E-state index in [1.54, 1.807) is 0 Å². The number of allylic oxidation sites excluding steroid dienone is 2. The van der Waals surface area contributed by atoms with Crippen LogP contribution in [0, 0.1) is 23.7 Å². The second-order valence-electron chi connectivity index (χ2n) is 5.80. The van der Waals surface area contributed by atoms with Crippen LogP contribution in [-0.2, 0) is 9.59 Å². The van der Waals surface area contributed by atoms with Crippen molar-refractivity contribution in [2.45, 2.75) is 20.5 Å². The van der Waals surface area contributed by atoms with Crippen LogP contribution < -0.4 is 0 Å². The minimum absolute atomic E-state index is 0.116. The molecular formula is C12H8Cl6O4. The lowest BCUT2D eigenvalue weighted by atomic mass is 9.78. The highest BCUT2D eigenvalue weighted by Gasteiger charge is 2.86. The van der Waals surface area contributed by atoms with Gasteiger partial charge in [-0.15, -0.1) is 23.2 Å². The Balaban J connectivity index is 2.29. The monoisotopic (exact) mass is 426 g/mol. The number of alkyl halides is 4. The molecule has 22 heavy (non-hydrogen) atoms. The van der Waals surface area contributed by atoms with Gasteiger partial charge in [0, 0.05) is 11.8 Å². The number of hydrogen-bond acceptors (Lipinski definition) is 2. The summed E-state index contributed by atoms with van der Waals surface area (Å²) in [5, 5.41) is 18.6. The van der Waals surface area contributed by atoms with E-state index in [4.69, 9.17) is 69.6 Å². The van der Waals surface area contributed by atoms with E-state index in [-0.39, 0.29) is 16.5 Å². The SMILES string of the molecule is O=C(O)[C@H]1C[C@@H](C(=O)O)[C@H]2[C@@H]1[C@@]1(Cl)C(Cl)=C(Cl)[C@]2(Cl)C1(Cl)Cl. The van der Waals surface area contributed by atoms with E-state index < -0.39 is 49.7 Å². The van der Waals surface area contributed by atoms with Crippen molar-refractivity contribution in [3.8, 4) is 0 Å². The quantitative estimate of drug-likeness (QED) is 0.655. The van der Waals surface area contributed by atoms with E-state index in [0.717, 1.165) is 0 Å². The molecule has 2 fully saturated rings. The predicted molar refractivity (Wildman–Crippen MR) is 84.2 cm³/mol. The molecule has 0 aliphatic heterocycles. The summed E-state index contributed by atoms with van der Waals surface area (Å²) >= 11 is 38.1. The summed E-state index contributed by atoms with van der Waals surface area (Å²) in [6.07, 6.45) is -0.138. The van der Waals surface area contributed by atoms with Gasteiger partial charge in [-0.3, -0.25) is 9.59 Å². The first-order chi connectivity index (χ1) is 9.94. The van der Waals surface area contributed by atoms with Gasteiger partial charge in [-0.2, -0.15) is 0 Å². The zero-order chi connectivity index (χ0) is 16.8. The number of halogens is 6. The number of carbonyl (C=O) groups is 2. The van der Waals surface area contributed by atoms with E-state index in [2.05, 4.69) is 0 Å². The van der Waals surface area contributed by atoms with Crippen molar-refractivity contribution in [1.82, 2.24) is 0 Å². The van der Waals surface area contributed by atoms with Crippen molar-refractivity contribution >= 4 is 81.5 Å². The lowest BCUT2D eigenvalue weighted by Crippen LogP contribution is -2.47. The zero-order valence-electron chi connectivity index (χ0n) is 10.5. The Morgan fingerprint density at radius 2 is 1.18 bits per heavy atom. The number of carboxylic acids is 2. The fourth-order valence-electron chi connectivity index (χ4n) is 4.20. The normalized spacial score (nSPS) is 48.6. The van der Waals surface area contributed by atoms with Crippen LogP contribution in [0.4, 0.5) is 0 Å². The largest absolute Gasteiger partial charge is 0.481 e. The van der Waals surface area contributed by atoms with E-state index in [0.29, 0.717) is 0 Å². The van der Waals surface area contributed by atoms with Gasteiger partial charge < -0.3 is 10.2 Å². The lowest BCUT2D eigenvalue weighted by molar-refractivity contribution is -0.143.